The highest BCUT2D eigenvalue weighted by Crippen LogP contribution is 2.17. The Morgan fingerprint density at radius 1 is 0.909 bits per heavy atom. The van der Waals surface area contributed by atoms with Gasteiger partial charge in [-0.25, -0.2) is 0 Å². The lowest BCUT2D eigenvalue weighted by Gasteiger charge is -2.16. The van der Waals surface area contributed by atoms with Crippen LogP contribution in [-0.4, -0.2) is 24.6 Å². The zero-order valence-corrected chi connectivity index (χ0v) is 14.1. The number of hydrogen-bond donors (Lipinski definition) is 0. The number of cyclic esters (lactones) is 1. The van der Waals surface area contributed by atoms with E-state index in [2.05, 4.69) is 0 Å². The van der Waals surface area contributed by atoms with E-state index in [1.165, 1.54) is 39.0 Å². The van der Waals surface area contributed by atoms with Gasteiger partial charge in [0.2, 0.25) is 0 Å². The monoisotopic (exact) mass is 312 g/mol. The van der Waals surface area contributed by atoms with Crippen LogP contribution in [-0.2, 0) is 19.1 Å². The van der Waals surface area contributed by atoms with Crippen molar-refractivity contribution in [1.82, 2.24) is 0 Å². The maximum atomic E-state index is 11.6. The Labute approximate surface area is 134 Å². The van der Waals surface area contributed by atoms with Gasteiger partial charge in [0.15, 0.2) is 0 Å². The van der Waals surface area contributed by atoms with Gasteiger partial charge in [-0.1, -0.05) is 38.5 Å². The summed E-state index contributed by atoms with van der Waals surface area (Å²) in [5, 5.41) is 0. The van der Waals surface area contributed by atoms with Gasteiger partial charge in [-0.2, -0.15) is 0 Å². The molecule has 4 heteroatoms. The zero-order chi connectivity index (χ0) is 16.0. The number of hydrogen-bond acceptors (Lipinski definition) is 4. The molecule has 0 N–H and O–H groups in total. The Hall–Kier alpha value is -1.06. The van der Waals surface area contributed by atoms with Gasteiger partial charge in [0.05, 0.1) is 6.61 Å². The molecule has 0 spiro atoms. The summed E-state index contributed by atoms with van der Waals surface area (Å²) in [6.45, 7) is 2.04. The summed E-state index contributed by atoms with van der Waals surface area (Å²) in [5.41, 5.74) is 0. The summed E-state index contributed by atoms with van der Waals surface area (Å²) >= 11 is 0. The molecule has 128 valence electrons. The SMILES string of the molecule is CC(=O)O[C@H]1CCCCCCCCCCOC(=O)CCCC1. The summed E-state index contributed by atoms with van der Waals surface area (Å²) in [5.74, 6) is -0.288. The molecule has 0 aromatic carbocycles. The van der Waals surface area contributed by atoms with E-state index in [4.69, 9.17) is 9.47 Å². The molecule has 1 atom stereocenters. The third-order valence-corrected chi connectivity index (χ3v) is 4.17. The number of esters is 2. The minimum absolute atomic E-state index is 0.0178. The average Bonchev–Trinajstić information content (AvgIpc) is 2.47. The first-order chi connectivity index (χ1) is 10.7. The molecule has 0 aromatic heterocycles. The standard InChI is InChI=1S/C18H32O4/c1-16(19)22-17-12-8-6-4-2-3-5-7-11-15-21-18(20)14-10-9-13-17/h17H,2-15H2,1H3/t17-/m0/s1. The van der Waals surface area contributed by atoms with E-state index in [9.17, 15) is 9.59 Å². The van der Waals surface area contributed by atoms with Crippen molar-refractivity contribution < 1.29 is 19.1 Å². The van der Waals surface area contributed by atoms with E-state index in [0.717, 1.165) is 44.9 Å². The molecular weight excluding hydrogens is 280 g/mol. The summed E-state index contributed by atoms with van der Waals surface area (Å²) in [6, 6.07) is 0. The second kappa shape index (κ2) is 12.5. The lowest BCUT2D eigenvalue weighted by atomic mass is 10.0. The molecule has 0 aliphatic carbocycles. The molecule has 1 aliphatic rings. The Kier molecular flexibility index (Phi) is 10.8. The molecule has 1 heterocycles. The van der Waals surface area contributed by atoms with Crippen molar-refractivity contribution in [3.05, 3.63) is 0 Å². The third kappa shape index (κ3) is 10.6. The van der Waals surface area contributed by atoms with Crippen molar-refractivity contribution in [2.24, 2.45) is 0 Å². The fourth-order valence-corrected chi connectivity index (χ4v) is 2.93. The second-order valence-corrected chi connectivity index (χ2v) is 6.31. The average molecular weight is 312 g/mol. The molecule has 4 nitrogen and oxygen atoms in total. The fourth-order valence-electron chi connectivity index (χ4n) is 2.93. The van der Waals surface area contributed by atoms with E-state index < -0.39 is 0 Å². The third-order valence-electron chi connectivity index (χ3n) is 4.17. The quantitative estimate of drug-likeness (QED) is 0.667. The van der Waals surface area contributed by atoms with Crippen LogP contribution in [0.4, 0.5) is 0 Å². The molecule has 0 unspecified atom stereocenters. The van der Waals surface area contributed by atoms with Crippen molar-refractivity contribution in [3.8, 4) is 0 Å². The summed E-state index contributed by atoms with van der Waals surface area (Å²) < 4.78 is 10.6. The number of carbonyl (C=O) groups is 2. The van der Waals surface area contributed by atoms with Crippen LogP contribution in [0.15, 0.2) is 0 Å². The minimum Gasteiger partial charge on any atom is -0.466 e. The maximum absolute atomic E-state index is 11.6. The zero-order valence-electron chi connectivity index (χ0n) is 14.1. The van der Waals surface area contributed by atoms with E-state index in [-0.39, 0.29) is 18.0 Å². The first-order valence-corrected chi connectivity index (χ1v) is 9.01. The van der Waals surface area contributed by atoms with E-state index in [1.807, 2.05) is 0 Å². The van der Waals surface area contributed by atoms with Gasteiger partial charge in [-0.3, -0.25) is 9.59 Å². The minimum atomic E-state index is -0.199. The van der Waals surface area contributed by atoms with Gasteiger partial charge < -0.3 is 9.47 Å². The summed E-state index contributed by atoms with van der Waals surface area (Å²) in [7, 11) is 0. The van der Waals surface area contributed by atoms with Crippen LogP contribution in [0.1, 0.15) is 90.4 Å². The Bertz CT molecular complexity index is 314. The fraction of sp³-hybridized carbons (Fsp3) is 0.889. The molecular formula is C18H32O4. The summed E-state index contributed by atoms with van der Waals surface area (Å²) in [6.07, 6.45) is 13.5. The van der Waals surface area contributed by atoms with Gasteiger partial charge in [-0.15, -0.1) is 0 Å². The molecule has 0 amide bonds. The van der Waals surface area contributed by atoms with Crippen LogP contribution in [0.5, 0.6) is 0 Å². The highest BCUT2D eigenvalue weighted by atomic mass is 16.5. The van der Waals surface area contributed by atoms with E-state index in [1.54, 1.807) is 0 Å². The Morgan fingerprint density at radius 3 is 2.09 bits per heavy atom. The first-order valence-electron chi connectivity index (χ1n) is 9.01. The molecule has 1 aliphatic heterocycles. The van der Waals surface area contributed by atoms with Gasteiger partial charge >= 0.3 is 11.9 Å². The van der Waals surface area contributed by atoms with Gasteiger partial charge in [0, 0.05) is 13.3 Å². The number of carbonyl (C=O) groups excluding carboxylic acids is 2. The molecule has 0 saturated carbocycles. The lowest BCUT2D eigenvalue weighted by molar-refractivity contribution is -0.147. The first kappa shape index (κ1) is 19.0. The van der Waals surface area contributed by atoms with Crippen LogP contribution >= 0.6 is 0 Å². The molecule has 0 aromatic rings. The molecule has 1 fully saturated rings. The smallest absolute Gasteiger partial charge is 0.305 e. The highest BCUT2D eigenvalue weighted by Gasteiger charge is 2.12. The van der Waals surface area contributed by atoms with Crippen LogP contribution in [0.3, 0.4) is 0 Å². The Morgan fingerprint density at radius 2 is 1.45 bits per heavy atom. The van der Waals surface area contributed by atoms with E-state index in [0.29, 0.717) is 13.0 Å². The molecule has 22 heavy (non-hydrogen) atoms. The van der Waals surface area contributed by atoms with Crippen LogP contribution < -0.4 is 0 Å². The van der Waals surface area contributed by atoms with Crippen molar-refractivity contribution in [1.29, 1.82) is 0 Å². The van der Waals surface area contributed by atoms with Crippen molar-refractivity contribution in [2.75, 3.05) is 6.61 Å². The largest absolute Gasteiger partial charge is 0.466 e. The second-order valence-electron chi connectivity index (χ2n) is 6.31. The van der Waals surface area contributed by atoms with Crippen molar-refractivity contribution >= 4 is 11.9 Å². The maximum Gasteiger partial charge on any atom is 0.305 e. The normalized spacial score (nSPS) is 24.0. The lowest BCUT2D eigenvalue weighted by Crippen LogP contribution is -2.16. The van der Waals surface area contributed by atoms with Crippen LogP contribution in [0.2, 0.25) is 0 Å². The molecule has 1 saturated heterocycles. The van der Waals surface area contributed by atoms with Crippen LogP contribution in [0, 0.1) is 0 Å². The van der Waals surface area contributed by atoms with Gasteiger partial charge in [-0.05, 0) is 38.5 Å². The number of rotatable bonds is 1. The number of ether oxygens (including phenoxy) is 2. The molecule has 0 radical (unpaired) electrons. The van der Waals surface area contributed by atoms with E-state index >= 15 is 0 Å². The molecule has 1 rings (SSSR count). The van der Waals surface area contributed by atoms with Crippen LogP contribution in [0.25, 0.3) is 0 Å². The highest BCUT2D eigenvalue weighted by molar-refractivity contribution is 5.69. The van der Waals surface area contributed by atoms with Crippen molar-refractivity contribution in [2.45, 2.75) is 96.5 Å². The van der Waals surface area contributed by atoms with Crippen molar-refractivity contribution in [3.63, 3.8) is 0 Å². The molecule has 0 bridgehead atoms. The predicted octanol–water partition coefficient (Wildman–Crippen LogP) is 4.55. The predicted molar refractivity (Wildman–Crippen MR) is 86.5 cm³/mol. The van der Waals surface area contributed by atoms with Gasteiger partial charge in [0.25, 0.3) is 0 Å². The summed E-state index contributed by atoms with van der Waals surface area (Å²) in [4.78, 5) is 22.7. The topological polar surface area (TPSA) is 52.6 Å². The van der Waals surface area contributed by atoms with Gasteiger partial charge in [0.1, 0.15) is 6.10 Å². The Balaban J connectivity index is 2.35.